The number of nitro groups is 1. The first-order chi connectivity index (χ1) is 13.8. The van der Waals surface area contributed by atoms with Crippen LogP contribution in [0.5, 0.6) is 0 Å². The summed E-state index contributed by atoms with van der Waals surface area (Å²) >= 11 is 6.15. The second-order valence-electron chi connectivity index (χ2n) is 6.26. The number of hydrogen-bond acceptors (Lipinski definition) is 4. The van der Waals surface area contributed by atoms with E-state index in [0.717, 1.165) is 5.56 Å². The number of aryl methyl sites for hydroxylation is 1. The summed E-state index contributed by atoms with van der Waals surface area (Å²) in [6, 6.07) is 17.7. The molecule has 0 spiro atoms. The van der Waals surface area contributed by atoms with Gasteiger partial charge in [-0.1, -0.05) is 48.0 Å². The average Bonchev–Trinajstić information content (AvgIpc) is 2.72. The SMILES string of the molecule is Cc1ccccc1N(C)C(=O)c1cccc([N+](=O)[O-])c1S(=O)c1ccccc1Cl. The third-order valence-electron chi connectivity index (χ3n) is 4.42. The van der Waals surface area contributed by atoms with Gasteiger partial charge in [0.05, 0.1) is 31.2 Å². The first-order valence-corrected chi connectivity index (χ1v) is 10.1. The highest BCUT2D eigenvalue weighted by Crippen LogP contribution is 2.33. The largest absolute Gasteiger partial charge is 0.311 e. The van der Waals surface area contributed by atoms with Gasteiger partial charge in [-0.05, 0) is 36.8 Å². The fraction of sp³-hybridized carbons (Fsp3) is 0.0952. The summed E-state index contributed by atoms with van der Waals surface area (Å²) in [7, 11) is -0.447. The molecule has 0 N–H and O–H groups in total. The first kappa shape index (κ1) is 20.7. The fourth-order valence-corrected chi connectivity index (χ4v) is 4.67. The average molecular weight is 429 g/mol. The standard InChI is InChI=1S/C21H17ClN2O4S/c1-14-8-3-5-11-17(14)23(2)21(25)15-9-7-12-18(24(26)27)20(15)29(28)19-13-6-4-10-16(19)22/h3-13H,1-2H3. The number of nitrogens with zero attached hydrogens (tertiary/aromatic N) is 2. The van der Waals surface area contributed by atoms with Gasteiger partial charge in [0.2, 0.25) is 0 Å². The van der Waals surface area contributed by atoms with Crippen LogP contribution in [0.15, 0.2) is 76.5 Å². The van der Waals surface area contributed by atoms with Crippen LogP contribution in [-0.4, -0.2) is 22.1 Å². The summed E-state index contributed by atoms with van der Waals surface area (Å²) in [5, 5.41) is 11.8. The molecule has 0 bridgehead atoms. The van der Waals surface area contributed by atoms with Crippen molar-refractivity contribution in [2.45, 2.75) is 16.7 Å². The van der Waals surface area contributed by atoms with Crippen LogP contribution < -0.4 is 4.90 Å². The van der Waals surface area contributed by atoms with Crippen molar-refractivity contribution in [3.63, 3.8) is 0 Å². The van der Waals surface area contributed by atoms with Crippen LogP contribution in [-0.2, 0) is 10.8 Å². The summed E-state index contributed by atoms with van der Waals surface area (Å²) in [6.45, 7) is 1.86. The molecule has 0 saturated heterocycles. The highest BCUT2D eigenvalue weighted by molar-refractivity contribution is 7.85. The summed E-state index contributed by atoms with van der Waals surface area (Å²) in [4.78, 5) is 25.7. The number of carbonyl (C=O) groups is 1. The predicted molar refractivity (Wildman–Crippen MR) is 113 cm³/mol. The minimum Gasteiger partial charge on any atom is -0.311 e. The number of rotatable bonds is 5. The van der Waals surface area contributed by atoms with E-state index in [1.807, 2.05) is 19.1 Å². The Kier molecular flexibility index (Phi) is 6.10. The summed E-state index contributed by atoms with van der Waals surface area (Å²) in [5.74, 6) is -0.501. The van der Waals surface area contributed by atoms with E-state index in [2.05, 4.69) is 0 Å². The number of benzene rings is 3. The predicted octanol–water partition coefficient (Wildman–Crippen LogP) is 5.00. The van der Waals surface area contributed by atoms with E-state index in [0.29, 0.717) is 5.69 Å². The zero-order valence-electron chi connectivity index (χ0n) is 15.7. The maximum atomic E-state index is 13.3. The molecule has 0 aliphatic heterocycles. The van der Waals surface area contributed by atoms with Crippen LogP contribution in [0, 0.1) is 17.0 Å². The lowest BCUT2D eigenvalue weighted by atomic mass is 10.1. The number of amides is 1. The van der Waals surface area contributed by atoms with Gasteiger partial charge >= 0.3 is 0 Å². The lowest BCUT2D eigenvalue weighted by Crippen LogP contribution is -2.28. The van der Waals surface area contributed by atoms with E-state index in [4.69, 9.17) is 11.6 Å². The molecule has 0 aliphatic rings. The topological polar surface area (TPSA) is 80.5 Å². The summed E-state index contributed by atoms with van der Waals surface area (Å²) in [5.41, 5.74) is 1.11. The molecule has 8 heteroatoms. The molecule has 0 aliphatic carbocycles. The molecule has 148 valence electrons. The molecule has 3 rings (SSSR count). The molecule has 0 heterocycles. The van der Waals surface area contributed by atoms with Gasteiger partial charge in [-0.3, -0.25) is 14.9 Å². The second kappa shape index (κ2) is 8.55. The normalized spacial score (nSPS) is 11.7. The quantitative estimate of drug-likeness (QED) is 0.423. The maximum absolute atomic E-state index is 13.3. The van der Waals surface area contributed by atoms with Crippen LogP contribution >= 0.6 is 11.6 Å². The van der Waals surface area contributed by atoms with E-state index in [9.17, 15) is 19.1 Å². The fourth-order valence-electron chi connectivity index (χ4n) is 2.97. The van der Waals surface area contributed by atoms with Gasteiger partial charge in [0, 0.05) is 18.8 Å². The lowest BCUT2D eigenvalue weighted by Gasteiger charge is -2.21. The van der Waals surface area contributed by atoms with E-state index in [-0.39, 0.29) is 20.4 Å². The van der Waals surface area contributed by atoms with Crippen molar-refractivity contribution in [2.75, 3.05) is 11.9 Å². The minimum atomic E-state index is -2.02. The number of anilines is 1. The second-order valence-corrected chi connectivity index (χ2v) is 8.05. The van der Waals surface area contributed by atoms with Crippen molar-refractivity contribution in [3.05, 3.63) is 93.0 Å². The zero-order valence-corrected chi connectivity index (χ0v) is 17.2. The number of halogens is 1. The molecule has 1 amide bonds. The molecular weight excluding hydrogens is 412 g/mol. The molecule has 0 aromatic heterocycles. The van der Waals surface area contributed by atoms with Crippen molar-refractivity contribution in [2.24, 2.45) is 0 Å². The molecule has 0 saturated carbocycles. The van der Waals surface area contributed by atoms with E-state index in [1.54, 1.807) is 37.4 Å². The Morgan fingerprint density at radius 2 is 1.69 bits per heavy atom. The Morgan fingerprint density at radius 3 is 2.34 bits per heavy atom. The highest BCUT2D eigenvalue weighted by atomic mass is 35.5. The summed E-state index contributed by atoms with van der Waals surface area (Å²) < 4.78 is 13.3. The monoisotopic (exact) mass is 428 g/mol. The van der Waals surface area contributed by atoms with Gasteiger partial charge in [-0.15, -0.1) is 0 Å². The number of nitro benzene ring substituents is 1. The van der Waals surface area contributed by atoms with E-state index >= 15 is 0 Å². The van der Waals surface area contributed by atoms with Crippen LogP contribution in [0.1, 0.15) is 15.9 Å². The number of hydrogen-bond donors (Lipinski definition) is 0. The molecule has 1 atom stereocenters. The molecule has 1 unspecified atom stereocenters. The van der Waals surface area contributed by atoms with Crippen molar-refractivity contribution in [1.82, 2.24) is 0 Å². The van der Waals surface area contributed by atoms with Gasteiger partial charge in [-0.2, -0.15) is 0 Å². The van der Waals surface area contributed by atoms with Crippen molar-refractivity contribution >= 4 is 39.7 Å². The zero-order chi connectivity index (χ0) is 21.1. The van der Waals surface area contributed by atoms with E-state index in [1.165, 1.54) is 29.2 Å². The molecule has 3 aromatic carbocycles. The van der Waals surface area contributed by atoms with Crippen LogP contribution in [0.25, 0.3) is 0 Å². The molecule has 29 heavy (non-hydrogen) atoms. The van der Waals surface area contributed by atoms with Gasteiger partial charge in [0.25, 0.3) is 11.6 Å². The van der Waals surface area contributed by atoms with Crippen molar-refractivity contribution in [1.29, 1.82) is 0 Å². The molecule has 0 radical (unpaired) electrons. The number of carbonyl (C=O) groups excluding carboxylic acids is 1. The van der Waals surface area contributed by atoms with E-state index < -0.39 is 27.3 Å². The van der Waals surface area contributed by atoms with Gasteiger partial charge < -0.3 is 4.90 Å². The van der Waals surface area contributed by atoms with Crippen molar-refractivity contribution < 1.29 is 13.9 Å². The van der Waals surface area contributed by atoms with Crippen LogP contribution in [0.2, 0.25) is 5.02 Å². The Morgan fingerprint density at radius 1 is 1.03 bits per heavy atom. The Bertz CT molecular complexity index is 1130. The minimum absolute atomic E-state index is 0.0109. The smallest absolute Gasteiger partial charge is 0.286 e. The summed E-state index contributed by atoms with van der Waals surface area (Å²) in [6.07, 6.45) is 0. The molecule has 6 nitrogen and oxygen atoms in total. The Labute approximate surface area is 175 Å². The molecule has 0 fully saturated rings. The highest BCUT2D eigenvalue weighted by Gasteiger charge is 2.30. The van der Waals surface area contributed by atoms with Gasteiger partial charge in [0.1, 0.15) is 4.90 Å². The van der Waals surface area contributed by atoms with Crippen LogP contribution in [0.4, 0.5) is 11.4 Å². The molecule has 3 aromatic rings. The number of para-hydroxylation sites is 1. The maximum Gasteiger partial charge on any atom is 0.286 e. The Balaban J connectivity index is 2.17. The lowest BCUT2D eigenvalue weighted by molar-refractivity contribution is -0.387. The first-order valence-electron chi connectivity index (χ1n) is 8.60. The van der Waals surface area contributed by atoms with Crippen molar-refractivity contribution in [3.8, 4) is 0 Å². The Hall–Kier alpha value is -3.03. The third-order valence-corrected chi connectivity index (χ3v) is 6.42. The van der Waals surface area contributed by atoms with Gasteiger partial charge in [-0.25, -0.2) is 4.21 Å². The third kappa shape index (κ3) is 4.06. The molecular formula is C21H17ClN2O4S. The van der Waals surface area contributed by atoms with Gasteiger partial charge in [0.15, 0.2) is 0 Å². The van der Waals surface area contributed by atoms with Crippen LogP contribution in [0.3, 0.4) is 0 Å².